The van der Waals surface area contributed by atoms with Gasteiger partial charge in [0.2, 0.25) is 0 Å². The summed E-state index contributed by atoms with van der Waals surface area (Å²) in [5, 5.41) is 14.3. The lowest BCUT2D eigenvalue weighted by atomic mass is 10.2. The van der Waals surface area contributed by atoms with Gasteiger partial charge in [0.1, 0.15) is 11.5 Å². The average Bonchev–Trinajstić information content (AvgIpc) is 2.81. The zero-order valence-electron chi connectivity index (χ0n) is 13.3. The summed E-state index contributed by atoms with van der Waals surface area (Å²) in [4.78, 5) is 15.4. The molecule has 0 bridgehead atoms. The maximum Gasteiger partial charge on any atom is 0.292 e. The Morgan fingerprint density at radius 3 is 2.61 bits per heavy atom. The monoisotopic (exact) mass is 310 g/mol. The van der Waals surface area contributed by atoms with E-state index in [1.54, 1.807) is 12.1 Å². The fourth-order valence-electron chi connectivity index (χ4n) is 2.63. The molecule has 3 aromatic rings. The van der Waals surface area contributed by atoms with Crippen molar-refractivity contribution in [3.8, 4) is 0 Å². The van der Waals surface area contributed by atoms with Crippen LogP contribution in [0.1, 0.15) is 17.0 Å². The number of nitrogens with zero attached hydrogens (tertiary/aromatic N) is 3. The average molecular weight is 310 g/mol. The van der Waals surface area contributed by atoms with E-state index in [9.17, 15) is 10.1 Å². The highest BCUT2D eigenvalue weighted by molar-refractivity contribution is 5.77. The Morgan fingerprint density at radius 2 is 1.87 bits per heavy atom. The Balaban J connectivity index is 1.89. The van der Waals surface area contributed by atoms with Gasteiger partial charge in [-0.1, -0.05) is 12.1 Å². The van der Waals surface area contributed by atoms with Crippen LogP contribution in [-0.4, -0.2) is 14.5 Å². The Kier molecular flexibility index (Phi) is 3.73. The van der Waals surface area contributed by atoms with Crippen LogP contribution in [0, 0.1) is 24.0 Å². The third-order valence-electron chi connectivity index (χ3n) is 3.92. The minimum Gasteiger partial charge on any atom is -0.372 e. The lowest BCUT2D eigenvalue weighted by Gasteiger charge is -2.08. The van der Waals surface area contributed by atoms with Gasteiger partial charge in [-0.3, -0.25) is 10.1 Å². The van der Waals surface area contributed by atoms with Crippen molar-refractivity contribution in [2.75, 3.05) is 5.32 Å². The van der Waals surface area contributed by atoms with Crippen molar-refractivity contribution < 1.29 is 4.92 Å². The smallest absolute Gasteiger partial charge is 0.292 e. The number of nitro groups is 1. The van der Waals surface area contributed by atoms with Crippen molar-refractivity contribution >= 4 is 22.4 Å². The number of rotatable bonds is 4. The molecule has 1 aromatic heterocycles. The molecule has 6 heteroatoms. The fourth-order valence-corrected chi connectivity index (χ4v) is 2.63. The van der Waals surface area contributed by atoms with Gasteiger partial charge in [-0.15, -0.1) is 0 Å². The largest absolute Gasteiger partial charge is 0.372 e. The number of fused-ring (bicyclic) bond motifs is 1. The summed E-state index contributed by atoms with van der Waals surface area (Å²) in [6.07, 6.45) is 0. The minimum absolute atomic E-state index is 0.0830. The molecule has 0 aliphatic heterocycles. The number of benzene rings is 2. The SMILES string of the molecule is Cc1ccc(NCc2nc3cc(C)ccc3n2C)c([N+](=O)[O-])c1. The van der Waals surface area contributed by atoms with E-state index in [0.717, 1.165) is 28.0 Å². The Bertz CT molecular complexity index is 899. The van der Waals surface area contributed by atoms with E-state index >= 15 is 0 Å². The summed E-state index contributed by atoms with van der Waals surface area (Å²) in [6.45, 7) is 4.29. The molecule has 0 radical (unpaired) electrons. The first kappa shape index (κ1) is 15.0. The van der Waals surface area contributed by atoms with E-state index in [1.807, 2.05) is 49.7 Å². The summed E-state index contributed by atoms with van der Waals surface area (Å²) in [7, 11) is 1.95. The van der Waals surface area contributed by atoms with Gasteiger partial charge in [0.05, 0.1) is 22.5 Å². The second kappa shape index (κ2) is 5.72. The molecule has 0 aliphatic rings. The number of imidazole rings is 1. The highest BCUT2D eigenvalue weighted by Gasteiger charge is 2.14. The first-order valence-corrected chi connectivity index (χ1v) is 7.36. The molecule has 0 saturated carbocycles. The van der Waals surface area contributed by atoms with Crippen LogP contribution in [0.4, 0.5) is 11.4 Å². The minimum atomic E-state index is -0.367. The number of aryl methyl sites for hydroxylation is 3. The predicted octanol–water partition coefficient (Wildman–Crippen LogP) is 3.71. The molecule has 0 amide bonds. The van der Waals surface area contributed by atoms with Gasteiger partial charge >= 0.3 is 0 Å². The fraction of sp³-hybridized carbons (Fsp3) is 0.235. The number of nitro benzene ring substituents is 1. The molecule has 1 heterocycles. The van der Waals surface area contributed by atoms with E-state index in [1.165, 1.54) is 0 Å². The third kappa shape index (κ3) is 2.88. The van der Waals surface area contributed by atoms with Crippen LogP contribution in [0.2, 0.25) is 0 Å². The van der Waals surface area contributed by atoms with E-state index in [0.29, 0.717) is 12.2 Å². The molecule has 3 rings (SSSR count). The van der Waals surface area contributed by atoms with Crippen LogP contribution in [-0.2, 0) is 13.6 Å². The lowest BCUT2D eigenvalue weighted by molar-refractivity contribution is -0.384. The van der Waals surface area contributed by atoms with Crippen LogP contribution in [0.3, 0.4) is 0 Å². The van der Waals surface area contributed by atoms with Crippen LogP contribution >= 0.6 is 0 Å². The van der Waals surface area contributed by atoms with Crippen LogP contribution in [0.25, 0.3) is 11.0 Å². The highest BCUT2D eigenvalue weighted by Crippen LogP contribution is 2.26. The van der Waals surface area contributed by atoms with Gasteiger partial charge in [-0.05, 0) is 43.2 Å². The van der Waals surface area contributed by atoms with Gasteiger partial charge in [0, 0.05) is 13.1 Å². The summed E-state index contributed by atoms with van der Waals surface area (Å²) in [6, 6.07) is 11.3. The van der Waals surface area contributed by atoms with Gasteiger partial charge < -0.3 is 9.88 Å². The highest BCUT2D eigenvalue weighted by atomic mass is 16.6. The van der Waals surface area contributed by atoms with Crippen molar-refractivity contribution in [2.24, 2.45) is 7.05 Å². The molecule has 1 N–H and O–H groups in total. The second-order valence-corrected chi connectivity index (χ2v) is 5.71. The Labute approximate surface area is 133 Å². The third-order valence-corrected chi connectivity index (χ3v) is 3.92. The molecule has 6 nitrogen and oxygen atoms in total. The Hall–Kier alpha value is -2.89. The Morgan fingerprint density at radius 1 is 1.17 bits per heavy atom. The predicted molar refractivity (Wildman–Crippen MR) is 90.6 cm³/mol. The topological polar surface area (TPSA) is 73.0 Å². The van der Waals surface area contributed by atoms with E-state index in [4.69, 9.17) is 0 Å². The molecular weight excluding hydrogens is 292 g/mol. The van der Waals surface area contributed by atoms with Crippen molar-refractivity contribution in [1.29, 1.82) is 0 Å². The van der Waals surface area contributed by atoms with E-state index in [2.05, 4.69) is 10.3 Å². The van der Waals surface area contributed by atoms with Gasteiger partial charge in [-0.25, -0.2) is 4.98 Å². The maximum atomic E-state index is 11.2. The number of anilines is 1. The molecule has 0 saturated heterocycles. The summed E-state index contributed by atoms with van der Waals surface area (Å²) in [5.74, 6) is 0.834. The lowest BCUT2D eigenvalue weighted by Crippen LogP contribution is -2.07. The molecule has 0 aliphatic carbocycles. The summed E-state index contributed by atoms with van der Waals surface area (Å²) < 4.78 is 2.00. The van der Waals surface area contributed by atoms with E-state index < -0.39 is 0 Å². The normalized spacial score (nSPS) is 10.9. The maximum absolute atomic E-state index is 11.2. The van der Waals surface area contributed by atoms with Crippen molar-refractivity contribution in [2.45, 2.75) is 20.4 Å². The van der Waals surface area contributed by atoms with Crippen LogP contribution in [0.15, 0.2) is 36.4 Å². The van der Waals surface area contributed by atoms with Crippen LogP contribution < -0.4 is 5.32 Å². The first-order chi connectivity index (χ1) is 11.0. The van der Waals surface area contributed by atoms with Crippen LogP contribution in [0.5, 0.6) is 0 Å². The molecule has 0 fully saturated rings. The number of aromatic nitrogens is 2. The van der Waals surface area contributed by atoms with Gasteiger partial charge in [0.25, 0.3) is 5.69 Å². The van der Waals surface area contributed by atoms with E-state index in [-0.39, 0.29) is 10.6 Å². The van der Waals surface area contributed by atoms with Crippen molar-refractivity contribution in [3.05, 3.63) is 63.5 Å². The summed E-state index contributed by atoms with van der Waals surface area (Å²) >= 11 is 0. The van der Waals surface area contributed by atoms with Crippen molar-refractivity contribution in [1.82, 2.24) is 9.55 Å². The number of nitrogens with one attached hydrogen (secondary N) is 1. The number of hydrogen-bond donors (Lipinski definition) is 1. The molecule has 0 unspecified atom stereocenters. The first-order valence-electron chi connectivity index (χ1n) is 7.36. The molecule has 118 valence electrons. The molecule has 0 atom stereocenters. The zero-order valence-corrected chi connectivity index (χ0v) is 13.3. The van der Waals surface area contributed by atoms with Gasteiger partial charge in [0.15, 0.2) is 0 Å². The number of hydrogen-bond acceptors (Lipinski definition) is 4. The summed E-state index contributed by atoms with van der Waals surface area (Å²) in [5.41, 5.74) is 4.58. The standard InChI is InChI=1S/C17H18N4O2/c1-11-5-7-15-14(8-11)19-17(20(15)3)10-18-13-6-4-12(2)9-16(13)21(22)23/h4-9,18H,10H2,1-3H3. The molecule has 0 spiro atoms. The molecule has 2 aromatic carbocycles. The molecule has 23 heavy (non-hydrogen) atoms. The zero-order chi connectivity index (χ0) is 16.6. The molecular formula is C17H18N4O2. The van der Waals surface area contributed by atoms with Crippen molar-refractivity contribution in [3.63, 3.8) is 0 Å². The van der Waals surface area contributed by atoms with Gasteiger partial charge in [-0.2, -0.15) is 0 Å². The quantitative estimate of drug-likeness (QED) is 0.589. The second-order valence-electron chi connectivity index (χ2n) is 5.71.